The van der Waals surface area contributed by atoms with Crippen molar-refractivity contribution in [3.8, 4) is 0 Å². The van der Waals surface area contributed by atoms with Crippen LogP contribution in [0.15, 0.2) is 6.07 Å². The number of aliphatic hydroxyl groups is 1. The molecular formula is C13H15NO5. The molecule has 6 heteroatoms. The predicted octanol–water partition coefficient (Wildman–Crippen LogP) is 1.02. The van der Waals surface area contributed by atoms with Crippen LogP contribution in [0.25, 0.3) is 0 Å². The second kappa shape index (κ2) is 5.36. The lowest BCUT2D eigenvalue weighted by Crippen LogP contribution is -2.20. The van der Waals surface area contributed by atoms with Crippen molar-refractivity contribution in [2.45, 2.75) is 25.4 Å². The topological polar surface area (TPSA) is 85.7 Å². The lowest BCUT2D eigenvalue weighted by molar-refractivity contribution is 0.0547. The fraction of sp³-hybridized carbons (Fsp3) is 0.462. The van der Waals surface area contributed by atoms with Crippen molar-refractivity contribution in [3.05, 3.63) is 28.6 Å². The normalized spacial score (nSPS) is 17.5. The molecule has 1 atom stereocenters. The largest absolute Gasteiger partial charge is 0.465 e. The first-order valence-electron chi connectivity index (χ1n) is 5.97. The molecule has 1 aliphatic carbocycles. The minimum absolute atomic E-state index is 0.0715. The molecule has 0 saturated heterocycles. The Labute approximate surface area is 110 Å². The minimum atomic E-state index is -0.721. The van der Waals surface area contributed by atoms with Crippen molar-refractivity contribution in [1.82, 2.24) is 4.98 Å². The number of pyridine rings is 1. The average Bonchev–Trinajstić information content (AvgIpc) is 2.44. The number of carbonyl (C=O) groups is 2. The van der Waals surface area contributed by atoms with Crippen LogP contribution in [0.2, 0.25) is 0 Å². The molecule has 1 aromatic rings. The van der Waals surface area contributed by atoms with Gasteiger partial charge in [0.1, 0.15) is 0 Å². The summed E-state index contributed by atoms with van der Waals surface area (Å²) in [6, 6.07) is 1.56. The van der Waals surface area contributed by atoms with Gasteiger partial charge in [-0.15, -0.1) is 0 Å². The Morgan fingerprint density at radius 3 is 2.63 bits per heavy atom. The fourth-order valence-electron chi connectivity index (χ4n) is 2.20. The number of hydrogen-bond acceptors (Lipinski definition) is 6. The molecule has 1 heterocycles. The molecule has 0 spiro atoms. The van der Waals surface area contributed by atoms with E-state index in [1.807, 2.05) is 0 Å². The number of hydrogen-bond donors (Lipinski definition) is 1. The van der Waals surface area contributed by atoms with Crippen molar-refractivity contribution >= 4 is 11.9 Å². The third kappa shape index (κ3) is 2.44. The molecule has 6 nitrogen and oxygen atoms in total. The van der Waals surface area contributed by atoms with E-state index in [0.29, 0.717) is 18.5 Å². The maximum absolute atomic E-state index is 11.7. The second-order valence-electron chi connectivity index (χ2n) is 4.32. The van der Waals surface area contributed by atoms with Crippen LogP contribution in [0.1, 0.15) is 51.0 Å². The number of rotatable bonds is 2. The fourth-order valence-corrected chi connectivity index (χ4v) is 2.20. The highest BCUT2D eigenvalue weighted by Gasteiger charge is 2.27. The minimum Gasteiger partial charge on any atom is -0.465 e. The Morgan fingerprint density at radius 2 is 2.00 bits per heavy atom. The van der Waals surface area contributed by atoms with Crippen LogP contribution < -0.4 is 0 Å². The van der Waals surface area contributed by atoms with Crippen LogP contribution in [0, 0.1) is 0 Å². The molecule has 1 unspecified atom stereocenters. The first-order chi connectivity index (χ1) is 9.08. The van der Waals surface area contributed by atoms with Gasteiger partial charge in [0, 0.05) is 0 Å². The quantitative estimate of drug-likeness (QED) is 0.804. The maximum Gasteiger partial charge on any atom is 0.357 e. The Balaban J connectivity index is 2.59. The number of aryl methyl sites for hydroxylation is 1. The summed E-state index contributed by atoms with van der Waals surface area (Å²) in [7, 11) is 2.44. The summed E-state index contributed by atoms with van der Waals surface area (Å²) in [5.74, 6) is -1.36. The van der Waals surface area contributed by atoms with E-state index in [2.05, 4.69) is 14.5 Å². The highest BCUT2D eigenvalue weighted by Crippen LogP contribution is 2.29. The molecule has 2 rings (SSSR count). The summed E-state index contributed by atoms with van der Waals surface area (Å²) in [5, 5.41) is 9.90. The van der Waals surface area contributed by atoms with E-state index in [1.165, 1.54) is 14.2 Å². The average molecular weight is 265 g/mol. The molecule has 0 aromatic carbocycles. The van der Waals surface area contributed by atoms with Crippen molar-refractivity contribution in [2.75, 3.05) is 14.2 Å². The summed E-state index contributed by atoms with van der Waals surface area (Å²) < 4.78 is 9.25. The van der Waals surface area contributed by atoms with E-state index in [1.54, 1.807) is 6.07 Å². The predicted molar refractivity (Wildman–Crippen MR) is 64.8 cm³/mol. The highest BCUT2D eigenvalue weighted by molar-refractivity contribution is 6.01. The number of aliphatic hydroxyl groups excluding tert-OH is 1. The van der Waals surface area contributed by atoms with Gasteiger partial charge in [0.2, 0.25) is 0 Å². The zero-order valence-electron chi connectivity index (χ0n) is 10.8. The van der Waals surface area contributed by atoms with E-state index in [0.717, 1.165) is 12.0 Å². The summed E-state index contributed by atoms with van der Waals surface area (Å²) in [5.41, 5.74) is 1.17. The maximum atomic E-state index is 11.7. The standard InChI is InChI=1S/C13H15NO5/c1-18-12(16)8-6-7-4-3-5-9(15)10(7)14-11(8)13(17)19-2/h6,9,15H,3-5H2,1-2H3. The van der Waals surface area contributed by atoms with Crippen molar-refractivity contribution < 1.29 is 24.2 Å². The third-order valence-corrected chi connectivity index (χ3v) is 3.16. The molecular weight excluding hydrogens is 250 g/mol. The van der Waals surface area contributed by atoms with Crippen LogP contribution in [0.4, 0.5) is 0 Å². The molecule has 0 bridgehead atoms. The zero-order valence-corrected chi connectivity index (χ0v) is 10.8. The van der Waals surface area contributed by atoms with E-state index in [4.69, 9.17) is 0 Å². The molecule has 102 valence electrons. The van der Waals surface area contributed by atoms with Crippen molar-refractivity contribution in [1.29, 1.82) is 0 Å². The Kier molecular flexibility index (Phi) is 3.80. The van der Waals surface area contributed by atoms with Crippen LogP contribution >= 0.6 is 0 Å². The third-order valence-electron chi connectivity index (χ3n) is 3.16. The van der Waals surface area contributed by atoms with Crippen LogP contribution in [0.3, 0.4) is 0 Å². The molecule has 0 fully saturated rings. The van der Waals surface area contributed by atoms with E-state index in [-0.39, 0.29) is 11.3 Å². The van der Waals surface area contributed by atoms with E-state index < -0.39 is 18.0 Å². The van der Waals surface area contributed by atoms with E-state index in [9.17, 15) is 14.7 Å². The lowest BCUT2D eigenvalue weighted by atomic mass is 9.92. The highest BCUT2D eigenvalue weighted by atomic mass is 16.5. The smallest absolute Gasteiger partial charge is 0.357 e. The molecule has 0 amide bonds. The van der Waals surface area contributed by atoms with Crippen molar-refractivity contribution in [3.63, 3.8) is 0 Å². The number of esters is 2. The molecule has 1 aliphatic rings. The van der Waals surface area contributed by atoms with Crippen molar-refractivity contribution in [2.24, 2.45) is 0 Å². The van der Waals surface area contributed by atoms with Gasteiger partial charge < -0.3 is 14.6 Å². The first kappa shape index (κ1) is 13.5. The Bertz CT molecular complexity index is 526. The molecule has 0 radical (unpaired) electrons. The van der Waals surface area contributed by atoms with Gasteiger partial charge in [-0.1, -0.05) is 0 Å². The first-order valence-corrected chi connectivity index (χ1v) is 5.97. The number of fused-ring (bicyclic) bond motifs is 1. The van der Waals surface area contributed by atoms with Gasteiger partial charge in [-0.3, -0.25) is 0 Å². The lowest BCUT2D eigenvalue weighted by Gasteiger charge is -2.21. The van der Waals surface area contributed by atoms with Gasteiger partial charge >= 0.3 is 11.9 Å². The summed E-state index contributed by atoms with van der Waals surface area (Å²) in [4.78, 5) is 27.5. The van der Waals surface area contributed by atoms with Gasteiger partial charge in [-0.2, -0.15) is 0 Å². The number of aromatic nitrogens is 1. The van der Waals surface area contributed by atoms with Crippen LogP contribution in [0.5, 0.6) is 0 Å². The number of methoxy groups -OCH3 is 2. The Morgan fingerprint density at radius 1 is 1.32 bits per heavy atom. The van der Waals surface area contributed by atoms with Crippen LogP contribution in [-0.4, -0.2) is 36.2 Å². The number of ether oxygens (including phenoxy) is 2. The second-order valence-corrected chi connectivity index (χ2v) is 4.32. The monoisotopic (exact) mass is 265 g/mol. The molecule has 19 heavy (non-hydrogen) atoms. The molecule has 0 aliphatic heterocycles. The number of carbonyl (C=O) groups excluding carboxylic acids is 2. The Hall–Kier alpha value is -1.95. The van der Waals surface area contributed by atoms with Gasteiger partial charge in [0.15, 0.2) is 5.69 Å². The van der Waals surface area contributed by atoms with Crippen LogP contribution in [-0.2, 0) is 15.9 Å². The number of nitrogens with zero attached hydrogens (tertiary/aromatic N) is 1. The zero-order chi connectivity index (χ0) is 14.0. The van der Waals surface area contributed by atoms with Gasteiger partial charge in [0.25, 0.3) is 0 Å². The summed E-state index contributed by atoms with van der Waals surface area (Å²) >= 11 is 0. The summed E-state index contributed by atoms with van der Waals surface area (Å²) in [6.07, 6.45) is 1.41. The molecule has 1 N–H and O–H groups in total. The molecule has 0 saturated carbocycles. The molecule has 1 aromatic heterocycles. The SMILES string of the molecule is COC(=O)c1cc2c(nc1C(=O)OC)C(O)CCC2. The van der Waals surface area contributed by atoms with E-state index >= 15 is 0 Å². The van der Waals surface area contributed by atoms with Gasteiger partial charge in [-0.25, -0.2) is 14.6 Å². The van der Waals surface area contributed by atoms with Gasteiger partial charge in [-0.05, 0) is 30.9 Å². The van der Waals surface area contributed by atoms with Gasteiger partial charge in [0.05, 0.1) is 31.6 Å². The summed E-state index contributed by atoms with van der Waals surface area (Å²) in [6.45, 7) is 0.